The highest BCUT2D eigenvalue weighted by Crippen LogP contribution is 2.35. The first-order valence-corrected chi connectivity index (χ1v) is 15.4. The first-order chi connectivity index (χ1) is 21.4. The van der Waals surface area contributed by atoms with Gasteiger partial charge in [-0.1, -0.05) is 41.7 Å². The maximum absolute atomic E-state index is 13.9. The Morgan fingerprint density at radius 2 is 1.80 bits per heavy atom. The molecule has 0 radical (unpaired) electrons. The number of carbonyl (C=O) groups excluding carboxylic acids is 1. The summed E-state index contributed by atoms with van der Waals surface area (Å²) in [5, 5.41) is 9.34. The van der Waals surface area contributed by atoms with Crippen molar-refractivity contribution in [3.05, 3.63) is 119 Å². The number of methoxy groups -OCH3 is 1. The van der Waals surface area contributed by atoms with Gasteiger partial charge in [0.05, 0.1) is 52.6 Å². The molecule has 224 valence electrons. The second-order valence-electron chi connectivity index (χ2n) is 9.50. The first kappa shape index (κ1) is 30.8. The Kier molecular flexibility index (Phi) is 9.62. The molecule has 0 N–H and O–H groups in total. The van der Waals surface area contributed by atoms with Gasteiger partial charge in [-0.2, -0.15) is 5.26 Å². The van der Waals surface area contributed by atoms with E-state index in [4.69, 9.17) is 18.9 Å². The lowest BCUT2D eigenvalue weighted by Gasteiger charge is -2.23. The Morgan fingerprint density at radius 1 is 1.05 bits per heavy atom. The van der Waals surface area contributed by atoms with Gasteiger partial charge in [-0.15, -0.1) is 0 Å². The number of nitrogens with zero attached hydrogens (tertiary/aromatic N) is 3. The Labute approximate surface area is 266 Å². The van der Waals surface area contributed by atoms with Crippen LogP contribution in [0, 0.1) is 11.3 Å². The van der Waals surface area contributed by atoms with Gasteiger partial charge in [0.15, 0.2) is 16.3 Å². The number of halogens is 1. The van der Waals surface area contributed by atoms with Crippen molar-refractivity contribution in [1.82, 2.24) is 4.57 Å². The molecule has 0 saturated heterocycles. The molecule has 1 aliphatic heterocycles. The number of hydrogen-bond donors (Lipinski definition) is 0. The van der Waals surface area contributed by atoms with Crippen molar-refractivity contribution in [2.24, 2.45) is 4.99 Å². The van der Waals surface area contributed by atoms with Gasteiger partial charge in [-0.25, -0.2) is 9.79 Å². The predicted octanol–water partition coefficient (Wildman–Crippen LogP) is 5.03. The second-order valence-corrected chi connectivity index (χ2v) is 11.4. The number of esters is 1. The van der Waals surface area contributed by atoms with Crippen molar-refractivity contribution in [2.45, 2.75) is 26.5 Å². The number of hydrogen-bond acceptors (Lipinski definition) is 9. The lowest BCUT2D eigenvalue weighted by Crippen LogP contribution is -2.39. The van der Waals surface area contributed by atoms with Gasteiger partial charge in [-0.3, -0.25) is 9.36 Å². The quantitative estimate of drug-likeness (QED) is 0.217. The molecule has 0 amide bonds. The number of aromatic nitrogens is 1. The first-order valence-electron chi connectivity index (χ1n) is 13.8. The third-order valence-electron chi connectivity index (χ3n) is 6.78. The fraction of sp³-hybridized carbons (Fsp3) is 0.212. The highest BCUT2D eigenvalue weighted by Gasteiger charge is 2.31. The molecule has 1 aromatic heterocycles. The largest absolute Gasteiger partial charge is 0.490 e. The van der Waals surface area contributed by atoms with Crippen molar-refractivity contribution in [1.29, 1.82) is 5.26 Å². The van der Waals surface area contributed by atoms with E-state index in [2.05, 4.69) is 27.0 Å². The number of benzene rings is 3. The van der Waals surface area contributed by atoms with E-state index in [0.29, 0.717) is 55.4 Å². The molecule has 44 heavy (non-hydrogen) atoms. The summed E-state index contributed by atoms with van der Waals surface area (Å²) in [4.78, 5) is 31.6. The number of thiazole rings is 1. The molecule has 11 heteroatoms. The zero-order chi connectivity index (χ0) is 31.2. The van der Waals surface area contributed by atoms with E-state index in [1.165, 1.54) is 29.2 Å². The summed E-state index contributed by atoms with van der Waals surface area (Å²) in [7, 11) is 1.29. The van der Waals surface area contributed by atoms with Gasteiger partial charge >= 0.3 is 5.97 Å². The molecule has 9 nitrogen and oxygen atoms in total. The smallest absolute Gasteiger partial charge is 0.337 e. The maximum atomic E-state index is 13.9. The zero-order valence-corrected chi connectivity index (χ0v) is 26.6. The minimum absolute atomic E-state index is 0.222. The van der Waals surface area contributed by atoms with E-state index in [-0.39, 0.29) is 17.7 Å². The molecular formula is C33H28BrN3O6S. The van der Waals surface area contributed by atoms with Crippen LogP contribution in [0.2, 0.25) is 0 Å². The summed E-state index contributed by atoms with van der Waals surface area (Å²) in [6.07, 6.45) is 3.22. The molecule has 0 saturated carbocycles. The van der Waals surface area contributed by atoms with E-state index in [1.807, 2.05) is 50.2 Å². The Hall–Kier alpha value is -4.66. The van der Waals surface area contributed by atoms with Crippen LogP contribution in [0.15, 0.2) is 86.7 Å². The third kappa shape index (κ3) is 6.32. The summed E-state index contributed by atoms with van der Waals surface area (Å²) in [5.41, 5.74) is 2.68. The predicted molar refractivity (Wildman–Crippen MR) is 170 cm³/mol. The molecule has 4 aromatic rings. The molecule has 5 rings (SSSR count). The lowest BCUT2D eigenvalue weighted by atomic mass is 9.97. The van der Waals surface area contributed by atoms with Crippen LogP contribution in [0.3, 0.4) is 0 Å². The van der Waals surface area contributed by atoms with Crippen molar-refractivity contribution in [2.75, 3.05) is 20.3 Å². The van der Waals surface area contributed by atoms with Crippen molar-refractivity contribution in [3.63, 3.8) is 0 Å². The number of rotatable bonds is 10. The van der Waals surface area contributed by atoms with Gasteiger partial charge in [0.25, 0.3) is 5.56 Å². The van der Waals surface area contributed by atoms with Crippen LogP contribution in [0.5, 0.6) is 17.2 Å². The summed E-state index contributed by atoms with van der Waals surface area (Å²) < 4.78 is 25.2. The average Bonchev–Trinajstić information content (AvgIpc) is 3.35. The number of carbonyl (C=O) groups is 1. The van der Waals surface area contributed by atoms with Gasteiger partial charge in [-0.05, 0) is 77.3 Å². The topological polar surface area (TPSA) is 112 Å². The van der Waals surface area contributed by atoms with Crippen molar-refractivity contribution >= 4 is 39.3 Å². The molecule has 0 unspecified atom stereocenters. The zero-order valence-electron chi connectivity index (χ0n) is 24.2. The minimum Gasteiger partial charge on any atom is -0.490 e. The molecule has 3 aromatic carbocycles. The van der Waals surface area contributed by atoms with Crippen LogP contribution < -0.4 is 29.1 Å². The van der Waals surface area contributed by atoms with E-state index < -0.39 is 12.0 Å². The highest BCUT2D eigenvalue weighted by atomic mass is 79.9. The average molecular weight is 675 g/mol. The molecule has 0 aliphatic carbocycles. The van der Waals surface area contributed by atoms with Crippen LogP contribution in [-0.2, 0) is 16.1 Å². The van der Waals surface area contributed by atoms with E-state index >= 15 is 0 Å². The Balaban J connectivity index is 1.51. The summed E-state index contributed by atoms with van der Waals surface area (Å²) in [5.74, 6) is 1.09. The van der Waals surface area contributed by atoms with E-state index in [0.717, 1.165) is 11.1 Å². The maximum Gasteiger partial charge on any atom is 0.337 e. The monoisotopic (exact) mass is 673 g/mol. The van der Waals surface area contributed by atoms with Crippen molar-refractivity contribution in [3.8, 4) is 23.3 Å². The summed E-state index contributed by atoms with van der Waals surface area (Å²) in [6, 6.07) is 19.5. The lowest BCUT2D eigenvalue weighted by molar-refractivity contribution is -0.136. The van der Waals surface area contributed by atoms with Crippen LogP contribution in [0.25, 0.3) is 6.08 Å². The molecule has 0 fully saturated rings. The SMILES string of the molecule is CCOc1ccc([C@H]2C(C(=O)OC)=CN=c3s/c(=C\c4ccc(OCc5ccccc5C#N)c(Br)c4)c(=O)n32)cc1OCC. The molecule has 1 atom stereocenters. The normalized spacial score (nSPS) is 14.1. The Bertz CT molecular complexity index is 1970. The fourth-order valence-corrected chi connectivity index (χ4v) is 6.25. The summed E-state index contributed by atoms with van der Waals surface area (Å²) in [6.45, 7) is 4.86. The third-order valence-corrected chi connectivity index (χ3v) is 8.40. The molecular weight excluding hydrogens is 646 g/mol. The highest BCUT2D eigenvalue weighted by molar-refractivity contribution is 9.10. The number of fused-ring (bicyclic) bond motifs is 1. The standard InChI is InChI=1S/C33H28BrN3O6S/c1-4-41-27-13-11-21(16-28(27)42-5-2)30-24(32(39)40-3)18-36-33-37(30)31(38)29(44-33)15-20-10-12-26(25(34)14-20)43-19-23-9-7-6-8-22(23)17-35/h6-16,18,30H,4-5,19H2,1-3H3/b29-15-/t30-/m0/s1. The minimum atomic E-state index is -0.783. The van der Waals surface area contributed by atoms with Crippen LogP contribution in [0.1, 0.15) is 42.1 Å². The van der Waals surface area contributed by atoms with Gasteiger partial charge < -0.3 is 18.9 Å². The number of nitriles is 1. The molecule has 2 heterocycles. The van der Waals surface area contributed by atoms with E-state index in [1.54, 1.807) is 30.3 Å². The van der Waals surface area contributed by atoms with E-state index in [9.17, 15) is 14.9 Å². The van der Waals surface area contributed by atoms with Crippen LogP contribution in [0.4, 0.5) is 0 Å². The number of ether oxygens (including phenoxy) is 4. The van der Waals surface area contributed by atoms with Gasteiger partial charge in [0, 0.05) is 11.8 Å². The summed E-state index contributed by atoms with van der Waals surface area (Å²) >= 11 is 4.79. The molecule has 0 bridgehead atoms. The second kappa shape index (κ2) is 13.8. The molecule has 0 spiro atoms. The Morgan fingerprint density at radius 3 is 2.52 bits per heavy atom. The van der Waals surface area contributed by atoms with Gasteiger partial charge in [0.1, 0.15) is 12.4 Å². The fourth-order valence-electron chi connectivity index (χ4n) is 4.77. The van der Waals surface area contributed by atoms with Gasteiger partial charge in [0.2, 0.25) is 0 Å². The van der Waals surface area contributed by atoms with Crippen LogP contribution in [-0.4, -0.2) is 30.9 Å². The molecule has 1 aliphatic rings. The van der Waals surface area contributed by atoms with Crippen molar-refractivity contribution < 1.29 is 23.7 Å². The van der Waals surface area contributed by atoms with Crippen LogP contribution >= 0.6 is 27.3 Å².